The first kappa shape index (κ1) is 12.0. The number of hydrogen-bond donors (Lipinski definition) is 2. The van der Waals surface area contributed by atoms with E-state index in [0.29, 0.717) is 0 Å². The van der Waals surface area contributed by atoms with Crippen LogP contribution >= 0.6 is 0 Å². The second-order valence-electron chi connectivity index (χ2n) is 4.49. The lowest BCUT2D eigenvalue weighted by molar-refractivity contribution is -0.158. The molecule has 0 spiro atoms. The fraction of sp³-hybridized carbons (Fsp3) is 0.800. The van der Waals surface area contributed by atoms with Gasteiger partial charge >= 0.3 is 5.97 Å². The van der Waals surface area contributed by atoms with Crippen LogP contribution in [0.1, 0.15) is 34.6 Å². The van der Waals surface area contributed by atoms with E-state index in [-0.39, 0.29) is 0 Å². The van der Waals surface area contributed by atoms with Crippen LogP contribution in [-0.2, 0) is 14.3 Å². The molecule has 0 saturated carbocycles. The second-order valence-corrected chi connectivity index (χ2v) is 4.49. The van der Waals surface area contributed by atoms with Crippen LogP contribution in [0, 0.1) is 0 Å². The van der Waals surface area contributed by atoms with Crippen molar-refractivity contribution in [3.05, 3.63) is 0 Å². The molecule has 0 radical (unpaired) electrons. The first-order chi connectivity index (χ1) is 7.17. The predicted octanol–water partition coefficient (Wildman–Crippen LogP) is 0.180. The largest absolute Gasteiger partial charge is 0.458 e. The van der Waals surface area contributed by atoms with Gasteiger partial charge in [0.05, 0.1) is 6.04 Å². The van der Waals surface area contributed by atoms with E-state index in [4.69, 9.17) is 6.15 Å². The van der Waals surface area contributed by atoms with Crippen molar-refractivity contribution in [2.75, 3.05) is 0 Å². The van der Waals surface area contributed by atoms with Crippen molar-refractivity contribution in [1.29, 1.82) is 0 Å². The Morgan fingerprint density at radius 2 is 1.93 bits per heavy atom. The lowest BCUT2D eigenvalue weighted by Crippen LogP contribution is -2.47. The van der Waals surface area contributed by atoms with Crippen molar-refractivity contribution in [3.8, 4) is 0 Å². The van der Waals surface area contributed by atoms with Crippen molar-refractivity contribution in [1.82, 2.24) is 5.32 Å². The third-order valence-electron chi connectivity index (χ3n) is 1.51. The van der Waals surface area contributed by atoms with Crippen LogP contribution < -0.4 is 11.0 Å². The fourth-order valence-electron chi connectivity index (χ4n) is 0.787. The predicted molar refractivity (Wildman–Crippen MR) is 57.1 cm³/mol. The van der Waals surface area contributed by atoms with E-state index in [1.54, 1.807) is 27.7 Å². The lowest BCUT2D eigenvalue weighted by atomic mass is 10.2. The van der Waals surface area contributed by atoms with Gasteiger partial charge in [0.2, 0.25) is 5.91 Å². The molecule has 1 amide bonds. The molecule has 2 atom stereocenters. The van der Waals surface area contributed by atoms with Crippen LogP contribution in [-0.4, -0.2) is 29.6 Å². The Hall–Kier alpha value is -1.10. The number of carbonyl (C=O) groups is 2. The summed E-state index contributed by atoms with van der Waals surface area (Å²) in [5.41, 5.74) is 1.47. The molecule has 0 aliphatic carbocycles. The Bertz CT molecular complexity index is 263. The number of nitrogens with one attached hydrogen (secondary N) is 1. The van der Waals surface area contributed by atoms with E-state index in [9.17, 15) is 9.59 Å². The van der Waals surface area contributed by atoms with Gasteiger partial charge in [0.15, 0.2) is 0 Å². The first-order valence-corrected chi connectivity index (χ1v) is 4.88. The van der Waals surface area contributed by atoms with Gasteiger partial charge < -0.3 is 15.8 Å². The fourth-order valence-corrected chi connectivity index (χ4v) is 0.787. The van der Waals surface area contributed by atoms with E-state index in [1.165, 1.54) is 6.92 Å². The summed E-state index contributed by atoms with van der Waals surface area (Å²) in [4.78, 5) is 22.9. The maximum atomic E-state index is 11.5. The van der Waals surface area contributed by atoms with Gasteiger partial charge in [-0.2, -0.15) is 0 Å². The Balaban J connectivity index is 4.21. The monoisotopic (exact) mass is 217 g/mol. The third-order valence-corrected chi connectivity index (χ3v) is 1.51. The maximum Gasteiger partial charge on any atom is 0.328 e. The van der Waals surface area contributed by atoms with Gasteiger partial charge in [-0.1, -0.05) is 0 Å². The van der Waals surface area contributed by atoms with Gasteiger partial charge in [-0.15, -0.1) is 0 Å². The van der Waals surface area contributed by atoms with Gasteiger partial charge in [0.25, 0.3) is 0 Å². The van der Waals surface area contributed by atoms with E-state index in [1.807, 2.05) is 5.73 Å². The van der Waals surface area contributed by atoms with Crippen LogP contribution in [0.3, 0.4) is 0 Å². The molecule has 3 N–H and O–H groups in total. The molecule has 0 aliphatic rings. The Labute approximate surface area is 91.8 Å². The molecule has 0 fully saturated rings. The Kier molecular flexibility index (Phi) is 4.08. The van der Waals surface area contributed by atoms with E-state index < -0.39 is 29.6 Å². The third kappa shape index (κ3) is 6.06. The zero-order chi connectivity index (χ0) is 12.9. The Morgan fingerprint density at radius 3 is 2.33 bits per heavy atom. The van der Waals surface area contributed by atoms with Crippen molar-refractivity contribution in [2.45, 2.75) is 52.3 Å². The average Bonchev–Trinajstić information content (AvgIpc) is 2.13. The minimum absolute atomic E-state index is 0.409. The molecule has 88 valence electrons. The van der Waals surface area contributed by atoms with Gasteiger partial charge in [0.1, 0.15) is 13.1 Å². The first-order valence-electron chi connectivity index (χ1n) is 5.38. The summed E-state index contributed by atoms with van der Waals surface area (Å²) < 4.78 is 11.9. The SMILES string of the molecule is [2H]N[C@@H](C)C(=O)N[C@@H](C)C(=O)OC(C)(C)C. The summed E-state index contributed by atoms with van der Waals surface area (Å²) in [6, 6.07) is -1.38. The number of hydrogen-bond acceptors (Lipinski definition) is 4. The standard InChI is InChI=1S/C10H20N2O3/c1-6(11)8(13)12-7(2)9(14)15-10(3,4)5/h6-7H,11H2,1-5H3,(H,12,13)/t6-,7-/m0/s1/i/hD. The molecule has 5 nitrogen and oxygen atoms in total. The van der Waals surface area contributed by atoms with E-state index in [0.717, 1.165) is 0 Å². The zero-order valence-electron chi connectivity index (χ0n) is 10.9. The summed E-state index contributed by atoms with van der Waals surface area (Å²) in [5.74, 6) is -0.897. The molecule has 0 aromatic carbocycles. The quantitative estimate of drug-likeness (QED) is 0.658. The molecule has 0 rings (SSSR count). The number of esters is 1. The average molecular weight is 217 g/mol. The number of carbonyl (C=O) groups excluding carboxylic acids is 2. The number of nitrogens with two attached hydrogens (primary N) is 1. The number of amides is 1. The number of ether oxygens (including phenoxy) is 1. The highest BCUT2D eigenvalue weighted by Crippen LogP contribution is 2.08. The van der Waals surface area contributed by atoms with Crippen LogP contribution in [0.15, 0.2) is 0 Å². The lowest BCUT2D eigenvalue weighted by Gasteiger charge is -2.23. The van der Waals surface area contributed by atoms with Crippen LogP contribution in [0.4, 0.5) is 0 Å². The zero-order valence-corrected chi connectivity index (χ0v) is 9.88. The summed E-state index contributed by atoms with van der Waals surface area (Å²) >= 11 is 0. The summed E-state index contributed by atoms with van der Waals surface area (Å²) in [6.45, 7) is 8.35. The van der Waals surface area contributed by atoms with Crippen LogP contribution in [0.5, 0.6) is 0 Å². The minimum atomic E-state index is -0.720. The van der Waals surface area contributed by atoms with Gasteiger partial charge in [-0.25, -0.2) is 4.79 Å². The molecule has 0 bridgehead atoms. The molecular formula is C10H20N2O3. The summed E-state index contributed by atoms with van der Waals surface area (Å²) in [6.07, 6.45) is 0. The highest BCUT2D eigenvalue weighted by Gasteiger charge is 2.23. The Morgan fingerprint density at radius 1 is 1.40 bits per heavy atom. The molecule has 0 aromatic heterocycles. The van der Waals surface area contributed by atoms with Crippen LogP contribution in [0.2, 0.25) is 1.41 Å². The molecular weight excluding hydrogens is 196 g/mol. The van der Waals surface area contributed by atoms with Gasteiger partial charge in [-0.3, -0.25) is 4.79 Å². The highest BCUT2D eigenvalue weighted by atomic mass is 16.6. The van der Waals surface area contributed by atoms with Crippen molar-refractivity contribution >= 4 is 11.9 Å². The van der Waals surface area contributed by atoms with Gasteiger partial charge in [-0.05, 0) is 34.6 Å². The smallest absolute Gasteiger partial charge is 0.328 e. The topological polar surface area (TPSA) is 81.4 Å². The highest BCUT2D eigenvalue weighted by molar-refractivity contribution is 5.86. The normalized spacial score (nSPS) is 16.2. The number of rotatable bonds is 4. The minimum Gasteiger partial charge on any atom is -0.458 e. The molecule has 5 heteroatoms. The van der Waals surface area contributed by atoms with E-state index in [2.05, 4.69) is 5.32 Å². The summed E-state index contributed by atoms with van der Waals surface area (Å²) in [7, 11) is 0. The summed E-state index contributed by atoms with van der Waals surface area (Å²) in [5, 5.41) is 2.46. The van der Waals surface area contributed by atoms with E-state index >= 15 is 0 Å². The van der Waals surface area contributed by atoms with Crippen LogP contribution in [0.25, 0.3) is 0 Å². The second kappa shape index (κ2) is 5.11. The maximum absolute atomic E-state index is 11.5. The molecule has 0 unspecified atom stereocenters. The van der Waals surface area contributed by atoms with Gasteiger partial charge in [0, 0.05) is 0 Å². The molecule has 0 aromatic rings. The molecule has 0 heterocycles. The molecule has 0 aliphatic heterocycles. The van der Waals surface area contributed by atoms with Crippen molar-refractivity contribution < 1.29 is 15.7 Å². The van der Waals surface area contributed by atoms with Crippen molar-refractivity contribution in [3.63, 3.8) is 0 Å². The molecule has 15 heavy (non-hydrogen) atoms. The van der Waals surface area contributed by atoms with Crippen molar-refractivity contribution in [2.24, 2.45) is 5.73 Å². The molecule has 0 saturated heterocycles.